The van der Waals surface area contributed by atoms with E-state index in [2.05, 4.69) is 26.0 Å². The van der Waals surface area contributed by atoms with Gasteiger partial charge in [0.05, 0.1) is 17.7 Å². The summed E-state index contributed by atoms with van der Waals surface area (Å²) < 4.78 is 13.8. The summed E-state index contributed by atoms with van der Waals surface area (Å²) >= 11 is 3.34. The van der Waals surface area contributed by atoms with E-state index in [9.17, 15) is 4.79 Å². The molecule has 2 fully saturated rings. The van der Waals surface area contributed by atoms with Crippen molar-refractivity contribution < 1.29 is 14.3 Å². The van der Waals surface area contributed by atoms with Crippen LogP contribution in [0.2, 0.25) is 0 Å². The smallest absolute Gasteiger partial charge is 0.274 e. The second-order valence-corrected chi connectivity index (χ2v) is 6.42. The zero-order chi connectivity index (χ0) is 15.2. The predicted octanol–water partition coefficient (Wildman–Crippen LogP) is 1.47. The molecule has 0 aromatic carbocycles. The fraction of sp³-hybridized carbons (Fsp3) is 0.500. The monoisotopic (exact) mass is 366 g/mol. The maximum atomic E-state index is 12.6. The topological polar surface area (TPSA) is 69.0 Å². The Morgan fingerprint density at radius 3 is 2.73 bits per heavy atom. The van der Waals surface area contributed by atoms with Crippen LogP contribution < -0.4 is 0 Å². The highest BCUT2D eigenvalue weighted by atomic mass is 79.9. The van der Waals surface area contributed by atoms with Crippen molar-refractivity contribution in [3.63, 3.8) is 0 Å². The minimum absolute atomic E-state index is 0.0746. The lowest BCUT2D eigenvalue weighted by Gasteiger charge is -2.37. The van der Waals surface area contributed by atoms with Crippen LogP contribution in [0.15, 0.2) is 22.9 Å². The van der Waals surface area contributed by atoms with Crippen molar-refractivity contribution >= 4 is 27.5 Å². The average Bonchev–Trinajstić information content (AvgIpc) is 3.14. The number of fused-ring (bicyclic) bond motifs is 1. The van der Waals surface area contributed by atoms with Crippen LogP contribution in [0.1, 0.15) is 23.3 Å². The van der Waals surface area contributed by atoms with Gasteiger partial charge in [0.25, 0.3) is 5.91 Å². The second-order valence-electron chi connectivity index (χ2n) is 5.50. The molecule has 4 rings (SSSR count). The fourth-order valence-electron chi connectivity index (χ4n) is 2.96. The van der Waals surface area contributed by atoms with E-state index in [1.165, 1.54) is 0 Å². The third-order valence-corrected chi connectivity index (χ3v) is 4.54. The summed E-state index contributed by atoms with van der Waals surface area (Å²) in [5, 5.41) is 4.31. The number of halogens is 1. The SMILES string of the molecule is O=C(c1cc2ncc(Br)cn2n1)N1CCC2(CC1)OCCO2. The molecule has 7 nitrogen and oxygen atoms in total. The molecule has 22 heavy (non-hydrogen) atoms. The molecular weight excluding hydrogens is 352 g/mol. The molecule has 2 saturated heterocycles. The van der Waals surface area contributed by atoms with Crippen molar-refractivity contribution in [2.45, 2.75) is 18.6 Å². The van der Waals surface area contributed by atoms with Crippen LogP contribution in [-0.2, 0) is 9.47 Å². The molecule has 4 heterocycles. The van der Waals surface area contributed by atoms with Crippen molar-refractivity contribution in [3.05, 3.63) is 28.6 Å². The third kappa shape index (κ3) is 2.41. The zero-order valence-corrected chi connectivity index (χ0v) is 13.5. The van der Waals surface area contributed by atoms with Crippen LogP contribution >= 0.6 is 15.9 Å². The van der Waals surface area contributed by atoms with Crippen molar-refractivity contribution in [2.75, 3.05) is 26.3 Å². The highest BCUT2D eigenvalue weighted by Crippen LogP contribution is 2.31. The summed E-state index contributed by atoms with van der Waals surface area (Å²) in [6, 6.07) is 1.71. The van der Waals surface area contributed by atoms with Crippen molar-refractivity contribution in [2.24, 2.45) is 0 Å². The van der Waals surface area contributed by atoms with Crippen LogP contribution in [0.5, 0.6) is 0 Å². The zero-order valence-electron chi connectivity index (χ0n) is 11.9. The van der Waals surface area contributed by atoms with E-state index >= 15 is 0 Å². The van der Waals surface area contributed by atoms with Crippen LogP contribution in [0, 0.1) is 0 Å². The van der Waals surface area contributed by atoms with Gasteiger partial charge in [0.15, 0.2) is 17.1 Å². The minimum atomic E-state index is -0.470. The molecule has 0 atom stereocenters. The Labute approximate surface area is 135 Å². The maximum absolute atomic E-state index is 12.6. The molecule has 0 saturated carbocycles. The molecule has 2 aliphatic rings. The number of aromatic nitrogens is 3. The predicted molar refractivity (Wildman–Crippen MR) is 80.5 cm³/mol. The Morgan fingerprint density at radius 1 is 1.27 bits per heavy atom. The van der Waals surface area contributed by atoms with Crippen molar-refractivity contribution in [1.82, 2.24) is 19.5 Å². The summed E-state index contributed by atoms with van der Waals surface area (Å²) in [6.07, 6.45) is 4.88. The van der Waals surface area contributed by atoms with Gasteiger partial charge in [-0.15, -0.1) is 0 Å². The van der Waals surface area contributed by atoms with Crippen LogP contribution in [0.3, 0.4) is 0 Å². The number of hydrogen-bond donors (Lipinski definition) is 0. The standard InChI is InChI=1S/C14H15BrN4O3/c15-10-8-16-12-7-11(17-19(12)9-10)13(20)18-3-1-14(2-4-18)21-5-6-22-14/h7-9H,1-6H2. The molecule has 8 heteroatoms. The Bertz CT molecular complexity index is 716. The first kappa shape index (κ1) is 14.1. The van der Waals surface area contributed by atoms with Gasteiger partial charge in [0.2, 0.25) is 0 Å². The number of rotatable bonds is 1. The maximum Gasteiger partial charge on any atom is 0.274 e. The van der Waals surface area contributed by atoms with Gasteiger partial charge in [-0.25, -0.2) is 9.50 Å². The summed E-state index contributed by atoms with van der Waals surface area (Å²) in [5.74, 6) is -0.545. The molecule has 2 aromatic heterocycles. The molecule has 2 aliphatic heterocycles. The molecule has 0 aliphatic carbocycles. The van der Waals surface area contributed by atoms with Crippen molar-refractivity contribution in [1.29, 1.82) is 0 Å². The lowest BCUT2D eigenvalue weighted by molar-refractivity contribution is -0.181. The van der Waals surface area contributed by atoms with E-state index < -0.39 is 5.79 Å². The quantitative estimate of drug-likeness (QED) is 0.764. The minimum Gasteiger partial charge on any atom is -0.347 e. The number of likely N-dealkylation sites (tertiary alicyclic amines) is 1. The van der Waals surface area contributed by atoms with E-state index in [0.717, 1.165) is 4.47 Å². The van der Waals surface area contributed by atoms with E-state index in [1.807, 2.05) is 0 Å². The van der Waals surface area contributed by atoms with Crippen LogP contribution in [0.4, 0.5) is 0 Å². The lowest BCUT2D eigenvalue weighted by atomic mass is 10.0. The number of amides is 1. The molecular formula is C14H15BrN4O3. The van der Waals surface area contributed by atoms with Crippen LogP contribution in [0.25, 0.3) is 5.65 Å². The molecule has 2 aromatic rings. The van der Waals surface area contributed by atoms with Gasteiger partial charge in [-0.3, -0.25) is 4.79 Å². The third-order valence-electron chi connectivity index (χ3n) is 4.13. The van der Waals surface area contributed by atoms with Gasteiger partial charge in [-0.05, 0) is 15.9 Å². The number of piperidine rings is 1. The summed E-state index contributed by atoms with van der Waals surface area (Å²) in [4.78, 5) is 18.6. The number of nitrogens with zero attached hydrogens (tertiary/aromatic N) is 4. The molecule has 1 spiro atoms. The molecule has 116 valence electrons. The summed E-state index contributed by atoms with van der Waals surface area (Å²) in [6.45, 7) is 2.51. The number of carbonyl (C=O) groups is 1. The molecule has 0 bridgehead atoms. The highest BCUT2D eigenvalue weighted by Gasteiger charge is 2.41. The van der Waals surface area contributed by atoms with Crippen LogP contribution in [-0.4, -0.2) is 57.5 Å². The van der Waals surface area contributed by atoms with Gasteiger partial charge < -0.3 is 14.4 Å². The Morgan fingerprint density at radius 2 is 2.00 bits per heavy atom. The van der Waals surface area contributed by atoms with Gasteiger partial charge in [-0.2, -0.15) is 5.10 Å². The molecule has 1 amide bonds. The van der Waals surface area contributed by atoms with E-state index in [0.29, 0.717) is 50.5 Å². The van der Waals surface area contributed by atoms with Crippen molar-refractivity contribution in [3.8, 4) is 0 Å². The number of hydrogen-bond acceptors (Lipinski definition) is 5. The Kier molecular flexibility index (Phi) is 3.39. The fourth-order valence-corrected chi connectivity index (χ4v) is 3.25. The highest BCUT2D eigenvalue weighted by molar-refractivity contribution is 9.10. The first-order chi connectivity index (χ1) is 10.7. The first-order valence-corrected chi connectivity index (χ1v) is 8.03. The molecule has 0 radical (unpaired) electrons. The summed E-state index contributed by atoms with van der Waals surface area (Å²) in [5.41, 5.74) is 1.07. The molecule has 0 N–H and O–H groups in total. The van der Waals surface area contributed by atoms with E-state index in [1.54, 1.807) is 27.9 Å². The Hall–Kier alpha value is -1.51. The lowest BCUT2D eigenvalue weighted by Crippen LogP contribution is -2.47. The first-order valence-electron chi connectivity index (χ1n) is 7.23. The van der Waals surface area contributed by atoms with Gasteiger partial charge in [0, 0.05) is 44.4 Å². The number of ether oxygens (including phenoxy) is 2. The van der Waals surface area contributed by atoms with E-state index in [4.69, 9.17) is 9.47 Å². The normalized spacial score (nSPS) is 20.9. The van der Waals surface area contributed by atoms with Gasteiger partial charge in [0.1, 0.15) is 0 Å². The largest absolute Gasteiger partial charge is 0.347 e. The van der Waals surface area contributed by atoms with E-state index in [-0.39, 0.29) is 5.91 Å². The average molecular weight is 367 g/mol. The Balaban J connectivity index is 1.51. The van der Waals surface area contributed by atoms with Gasteiger partial charge in [-0.1, -0.05) is 0 Å². The van der Waals surface area contributed by atoms with Gasteiger partial charge >= 0.3 is 0 Å². The molecule has 0 unspecified atom stereocenters. The summed E-state index contributed by atoms with van der Waals surface area (Å²) in [7, 11) is 0. The second kappa shape index (κ2) is 5.29. The number of carbonyl (C=O) groups excluding carboxylic acids is 1.